The number of fused-ring (bicyclic) bond motifs is 2. The van der Waals surface area contributed by atoms with Crippen LogP contribution >= 0.6 is 0 Å². The number of phenols is 2. The van der Waals surface area contributed by atoms with Gasteiger partial charge >= 0.3 is 0 Å². The van der Waals surface area contributed by atoms with E-state index >= 15 is 0 Å². The number of carbonyl (C=O) groups is 1. The van der Waals surface area contributed by atoms with Gasteiger partial charge in [0.2, 0.25) is 0 Å². The summed E-state index contributed by atoms with van der Waals surface area (Å²) in [5, 5.41) is 45.8. The third kappa shape index (κ3) is 4.89. The Morgan fingerprint density at radius 3 is 2.42 bits per heavy atom. The maximum atomic E-state index is 14.1. The molecule has 43 heavy (non-hydrogen) atoms. The number of benzene rings is 3. The average molecular weight is 586 g/mol. The summed E-state index contributed by atoms with van der Waals surface area (Å²) < 4.78 is 5.69. The highest BCUT2D eigenvalue weighted by Crippen LogP contribution is 2.73. The van der Waals surface area contributed by atoms with Gasteiger partial charge in [0.05, 0.1) is 5.41 Å². The van der Waals surface area contributed by atoms with Gasteiger partial charge in [0.25, 0.3) is 0 Å². The predicted molar refractivity (Wildman–Crippen MR) is 167 cm³/mol. The summed E-state index contributed by atoms with van der Waals surface area (Å²) in [6.45, 7) is 8.58. The minimum atomic E-state index is -1.71. The van der Waals surface area contributed by atoms with Gasteiger partial charge in [-0.25, -0.2) is 0 Å². The lowest BCUT2D eigenvalue weighted by Gasteiger charge is -2.46. The number of aliphatic hydroxyl groups excluding tert-OH is 1. The van der Waals surface area contributed by atoms with E-state index in [4.69, 9.17) is 4.74 Å². The summed E-state index contributed by atoms with van der Waals surface area (Å²) in [6, 6.07) is 18.8. The monoisotopic (exact) mass is 585 g/mol. The highest BCUT2D eigenvalue weighted by molar-refractivity contribution is 5.89. The molecular formula is C36H43NO6. The third-order valence-corrected chi connectivity index (χ3v) is 10.2. The molecule has 3 aromatic carbocycles. The molecule has 0 spiro atoms. The SMILES string of the molecule is C=C1C2C(CO)CC(C(=O)CCc3cccc(-c4cc(O)c(Cc5ccc(O)cc5)c(CNC)c4)c3)(C1(C)C)C2(O)OC. The molecule has 0 amide bonds. The van der Waals surface area contributed by atoms with Crippen LogP contribution in [-0.4, -0.2) is 52.8 Å². The lowest BCUT2D eigenvalue weighted by atomic mass is 9.58. The van der Waals surface area contributed by atoms with Crippen molar-refractivity contribution < 1.29 is 30.0 Å². The van der Waals surface area contributed by atoms with E-state index in [-0.39, 0.29) is 36.2 Å². The van der Waals surface area contributed by atoms with Gasteiger partial charge in [0.1, 0.15) is 17.3 Å². The van der Waals surface area contributed by atoms with Crippen molar-refractivity contribution >= 4 is 5.78 Å². The fourth-order valence-electron chi connectivity index (χ4n) is 7.89. The largest absolute Gasteiger partial charge is 0.508 e. The first kappa shape index (κ1) is 31.0. The van der Waals surface area contributed by atoms with E-state index in [9.17, 15) is 25.2 Å². The molecule has 5 N–H and O–H groups in total. The Balaban J connectivity index is 1.40. The van der Waals surface area contributed by atoms with E-state index in [0.29, 0.717) is 25.8 Å². The molecule has 0 aromatic heterocycles. The first-order valence-electron chi connectivity index (χ1n) is 14.9. The van der Waals surface area contributed by atoms with Crippen LogP contribution in [0.3, 0.4) is 0 Å². The Hall–Kier alpha value is -3.49. The lowest BCUT2D eigenvalue weighted by molar-refractivity contribution is -0.253. The number of aryl methyl sites for hydroxylation is 1. The Kier molecular flexibility index (Phi) is 8.31. The van der Waals surface area contributed by atoms with Crippen LogP contribution in [0.2, 0.25) is 0 Å². The maximum absolute atomic E-state index is 14.1. The molecular weight excluding hydrogens is 542 g/mol. The molecule has 7 heteroatoms. The fourth-order valence-corrected chi connectivity index (χ4v) is 7.89. The van der Waals surface area contributed by atoms with Gasteiger partial charge in [-0.2, -0.15) is 0 Å². The number of ketones is 1. The molecule has 2 fully saturated rings. The topological polar surface area (TPSA) is 119 Å². The van der Waals surface area contributed by atoms with Gasteiger partial charge in [0, 0.05) is 50.0 Å². The summed E-state index contributed by atoms with van der Waals surface area (Å²) in [7, 11) is 3.30. The number of phenolic OH excluding ortho intramolecular Hbond substituents is 2. The molecule has 2 aliphatic rings. The van der Waals surface area contributed by atoms with Crippen molar-refractivity contribution in [2.24, 2.45) is 22.7 Å². The molecule has 2 aliphatic carbocycles. The zero-order valence-electron chi connectivity index (χ0n) is 25.5. The standard InChI is InChI=1S/C36H43NO6/c1-22-33-28(21-38)19-35(34(22,2)3,36(33,42)43-5)32(41)14-11-23-7-6-8-25(15-23)26-17-27(20-37-4)30(31(40)18-26)16-24-9-12-29(39)13-10-24/h6-10,12-13,15,17-18,28,33,37-40,42H,1,11,14,16,19-21H2,2-5H3. The molecule has 4 unspecified atom stereocenters. The van der Waals surface area contributed by atoms with E-state index in [2.05, 4.69) is 18.0 Å². The molecule has 0 aliphatic heterocycles. The van der Waals surface area contributed by atoms with Crippen LogP contribution in [0, 0.1) is 22.7 Å². The van der Waals surface area contributed by atoms with Gasteiger partial charge in [-0.05, 0) is 77.9 Å². The number of nitrogens with one attached hydrogen (secondary N) is 1. The van der Waals surface area contributed by atoms with Gasteiger partial charge in [0.15, 0.2) is 5.79 Å². The van der Waals surface area contributed by atoms with Crippen molar-refractivity contribution in [2.75, 3.05) is 20.8 Å². The predicted octanol–water partition coefficient (Wildman–Crippen LogP) is 5.12. The average Bonchev–Trinajstić information content (AvgIpc) is 3.34. The normalized spacial score (nSPS) is 25.8. The van der Waals surface area contributed by atoms with Crippen LogP contribution in [-0.2, 0) is 28.9 Å². The summed E-state index contributed by atoms with van der Waals surface area (Å²) in [6.07, 6.45) is 1.56. The maximum Gasteiger partial charge on any atom is 0.185 e. The van der Waals surface area contributed by atoms with Crippen LogP contribution in [0.5, 0.6) is 11.5 Å². The number of hydrogen-bond acceptors (Lipinski definition) is 7. The quantitative estimate of drug-likeness (QED) is 0.157. The second-order valence-electron chi connectivity index (χ2n) is 12.7. The van der Waals surface area contributed by atoms with Crippen molar-refractivity contribution in [1.29, 1.82) is 0 Å². The number of methoxy groups -OCH3 is 1. The minimum absolute atomic E-state index is 0.0839. The zero-order valence-corrected chi connectivity index (χ0v) is 25.5. The number of rotatable bonds is 11. The highest BCUT2D eigenvalue weighted by atomic mass is 16.6. The molecule has 3 aromatic rings. The first-order chi connectivity index (χ1) is 20.4. The summed E-state index contributed by atoms with van der Waals surface area (Å²) in [5.74, 6) is -2.17. The third-order valence-electron chi connectivity index (χ3n) is 10.2. The summed E-state index contributed by atoms with van der Waals surface area (Å²) >= 11 is 0. The molecule has 228 valence electrons. The minimum Gasteiger partial charge on any atom is -0.508 e. The van der Waals surface area contributed by atoms with Gasteiger partial charge in [-0.1, -0.05) is 62.4 Å². The number of aliphatic hydroxyl groups is 2. The van der Waals surface area contributed by atoms with E-state index in [0.717, 1.165) is 39.0 Å². The Morgan fingerprint density at radius 2 is 1.77 bits per heavy atom. The molecule has 4 atom stereocenters. The number of carbonyl (C=O) groups excluding carboxylic acids is 1. The van der Waals surface area contributed by atoms with Crippen molar-refractivity contribution in [2.45, 2.75) is 51.9 Å². The zero-order chi connectivity index (χ0) is 31.2. The number of ether oxygens (including phenoxy) is 1. The van der Waals surface area contributed by atoms with Crippen molar-refractivity contribution in [3.8, 4) is 22.6 Å². The van der Waals surface area contributed by atoms with Crippen LogP contribution in [0.25, 0.3) is 11.1 Å². The summed E-state index contributed by atoms with van der Waals surface area (Å²) in [4.78, 5) is 14.1. The number of Topliss-reactive ketones (excluding diaryl/α,β-unsaturated/α-hetero) is 1. The molecule has 7 nitrogen and oxygen atoms in total. The molecule has 5 rings (SSSR count). The van der Waals surface area contributed by atoms with Gasteiger partial charge in [-0.3, -0.25) is 4.79 Å². The highest BCUT2D eigenvalue weighted by Gasteiger charge is 2.79. The fraction of sp³-hybridized carbons (Fsp3) is 0.417. The molecule has 2 saturated carbocycles. The van der Waals surface area contributed by atoms with E-state index in [1.54, 1.807) is 18.2 Å². The Bertz CT molecular complexity index is 1530. The first-order valence-corrected chi connectivity index (χ1v) is 14.9. The van der Waals surface area contributed by atoms with Crippen LogP contribution in [0.4, 0.5) is 0 Å². The smallest absolute Gasteiger partial charge is 0.185 e. The molecule has 2 bridgehead atoms. The lowest BCUT2D eigenvalue weighted by Crippen LogP contribution is -2.55. The van der Waals surface area contributed by atoms with Gasteiger partial charge < -0.3 is 30.5 Å². The van der Waals surface area contributed by atoms with Crippen LogP contribution in [0.15, 0.2) is 72.8 Å². The Morgan fingerprint density at radius 1 is 1.05 bits per heavy atom. The van der Waals surface area contributed by atoms with Crippen molar-refractivity contribution in [3.05, 3.63) is 95.1 Å². The van der Waals surface area contributed by atoms with E-state index in [1.807, 2.05) is 57.3 Å². The molecule has 0 saturated heterocycles. The van der Waals surface area contributed by atoms with E-state index in [1.165, 1.54) is 7.11 Å². The van der Waals surface area contributed by atoms with Crippen LogP contribution in [0.1, 0.15) is 48.9 Å². The molecule has 0 heterocycles. The number of aromatic hydroxyl groups is 2. The van der Waals surface area contributed by atoms with E-state index < -0.39 is 22.5 Å². The second kappa shape index (κ2) is 11.5. The van der Waals surface area contributed by atoms with Gasteiger partial charge in [-0.15, -0.1) is 0 Å². The van der Waals surface area contributed by atoms with Crippen molar-refractivity contribution in [3.63, 3.8) is 0 Å². The molecule has 0 radical (unpaired) electrons. The summed E-state index contributed by atoms with van der Waals surface area (Å²) in [5.41, 5.74) is 4.43. The van der Waals surface area contributed by atoms with Crippen molar-refractivity contribution in [1.82, 2.24) is 5.32 Å². The second-order valence-corrected chi connectivity index (χ2v) is 12.7. The number of hydrogen-bond donors (Lipinski definition) is 5. The van der Waals surface area contributed by atoms with Crippen LogP contribution < -0.4 is 5.32 Å². The Labute approximate surface area is 253 Å².